The fraction of sp³-hybridized carbons (Fsp3) is 1.00. The molecule has 0 atom stereocenters. The zero-order valence-electron chi connectivity index (χ0n) is 12.5. The van der Waals surface area contributed by atoms with Crippen molar-refractivity contribution in [3.05, 3.63) is 0 Å². The van der Waals surface area contributed by atoms with Crippen molar-refractivity contribution in [3.63, 3.8) is 0 Å². The predicted molar refractivity (Wildman–Crippen MR) is 79.0 cm³/mol. The smallest absolute Gasteiger partial charge is 0.281 e. The van der Waals surface area contributed by atoms with E-state index in [2.05, 4.69) is 6.92 Å². The molecule has 0 aromatic carbocycles. The molecule has 114 valence electrons. The summed E-state index contributed by atoms with van der Waals surface area (Å²) in [6.45, 7) is 9.22. The van der Waals surface area contributed by atoms with E-state index in [1.54, 1.807) is 8.61 Å². The van der Waals surface area contributed by atoms with E-state index in [0.29, 0.717) is 44.6 Å². The third-order valence-electron chi connectivity index (χ3n) is 3.58. The summed E-state index contributed by atoms with van der Waals surface area (Å²) in [5, 5.41) is 0. The van der Waals surface area contributed by atoms with E-state index < -0.39 is 10.2 Å². The Morgan fingerprint density at radius 3 is 2.37 bits per heavy atom. The molecule has 1 saturated heterocycles. The Labute approximate surface area is 118 Å². The number of hydrogen-bond acceptors (Lipinski definition) is 3. The van der Waals surface area contributed by atoms with Gasteiger partial charge >= 0.3 is 0 Å². The van der Waals surface area contributed by atoms with Gasteiger partial charge < -0.3 is 5.73 Å². The molecule has 1 fully saturated rings. The first kappa shape index (κ1) is 16.9. The average molecular weight is 291 g/mol. The molecule has 0 radical (unpaired) electrons. The Balaban J connectivity index is 2.73. The lowest BCUT2D eigenvalue weighted by Gasteiger charge is -2.34. The highest BCUT2D eigenvalue weighted by Crippen LogP contribution is 2.21. The van der Waals surface area contributed by atoms with Crippen molar-refractivity contribution in [2.24, 2.45) is 17.6 Å². The second-order valence-electron chi connectivity index (χ2n) is 5.98. The molecular weight excluding hydrogens is 262 g/mol. The highest BCUT2D eigenvalue weighted by molar-refractivity contribution is 7.86. The van der Waals surface area contributed by atoms with E-state index in [0.717, 1.165) is 19.3 Å². The molecule has 6 heteroatoms. The molecule has 19 heavy (non-hydrogen) atoms. The second-order valence-corrected chi connectivity index (χ2v) is 7.91. The summed E-state index contributed by atoms with van der Waals surface area (Å²) in [6.07, 6.45) is 2.65. The summed E-state index contributed by atoms with van der Waals surface area (Å²) in [5.74, 6) is 0.963. The number of piperidine rings is 1. The van der Waals surface area contributed by atoms with Crippen molar-refractivity contribution < 1.29 is 8.42 Å². The van der Waals surface area contributed by atoms with Crippen molar-refractivity contribution in [3.8, 4) is 0 Å². The Morgan fingerprint density at radius 2 is 1.89 bits per heavy atom. The van der Waals surface area contributed by atoms with Gasteiger partial charge in [-0.3, -0.25) is 0 Å². The number of nitrogens with zero attached hydrogens (tertiary/aromatic N) is 2. The maximum atomic E-state index is 12.6. The topological polar surface area (TPSA) is 66.6 Å². The molecule has 0 aromatic rings. The summed E-state index contributed by atoms with van der Waals surface area (Å²) in [5.41, 5.74) is 5.51. The van der Waals surface area contributed by atoms with E-state index in [1.165, 1.54) is 0 Å². The zero-order chi connectivity index (χ0) is 14.5. The van der Waals surface area contributed by atoms with Crippen LogP contribution in [0, 0.1) is 11.8 Å². The lowest BCUT2D eigenvalue weighted by atomic mass is 10.0. The van der Waals surface area contributed by atoms with E-state index in [-0.39, 0.29) is 0 Å². The van der Waals surface area contributed by atoms with Gasteiger partial charge in [0.05, 0.1) is 0 Å². The normalized spacial score (nSPS) is 19.5. The van der Waals surface area contributed by atoms with Gasteiger partial charge in [0.2, 0.25) is 0 Å². The van der Waals surface area contributed by atoms with Crippen molar-refractivity contribution in [2.75, 3.05) is 32.7 Å². The fourth-order valence-corrected chi connectivity index (χ4v) is 4.20. The molecule has 1 aliphatic heterocycles. The Kier molecular flexibility index (Phi) is 6.73. The highest BCUT2D eigenvalue weighted by atomic mass is 32.2. The van der Waals surface area contributed by atoms with E-state index in [1.807, 2.05) is 13.8 Å². The largest absolute Gasteiger partial charge is 0.330 e. The summed E-state index contributed by atoms with van der Waals surface area (Å²) < 4.78 is 28.5. The molecule has 0 bridgehead atoms. The van der Waals surface area contributed by atoms with Crippen LogP contribution in [0.25, 0.3) is 0 Å². The van der Waals surface area contributed by atoms with Crippen molar-refractivity contribution in [2.45, 2.75) is 40.0 Å². The van der Waals surface area contributed by atoms with Crippen LogP contribution in [0.3, 0.4) is 0 Å². The van der Waals surface area contributed by atoms with Crippen LogP contribution >= 0.6 is 0 Å². The van der Waals surface area contributed by atoms with Gasteiger partial charge in [-0.2, -0.15) is 17.0 Å². The van der Waals surface area contributed by atoms with Gasteiger partial charge in [0.25, 0.3) is 10.2 Å². The maximum Gasteiger partial charge on any atom is 0.281 e. The van der Waals surface area contributed by atoms with Crippen LogP contribution in [-0.2, 0) is 10.2 Å². The molecule has 0 aliphatic carbocycles. The standard InChI is InChI=1S/C13H29N3O2S/c1-12(2)11-16(8-4-7-14)19(17,18)15-9-5-13(3)6-10-15/h12-13H,4-11,14H2,1-3H3. The van der Waals surface area contributed by atoms with Gasteiger partial charge in [-0.1, -0.05) is 20.8 Å². The van der Waals surface area contributed by atoms with Crippen LogP contribution in [-0.4, -0.2) is 49.8 Å². The lowest BCUT2D eigenvalue weighted by Crippen LogP contribution is -2.48. The van der Waals surface area contributed by atoms with Crippen LogP contribution in [0.2, 0.25) is 0 Å². The maximum absolute atomic E-state index is 12.6. The molecule has 1 rings (SSSR count). The molecule has 2 N–H and O–H groups in total. The molecule has 0 unspecified atom stereocenters. The van der Waals surface area contributed by atoms with Crippen LogP contribution in [0.15, 0.2) is 0 Å². The SMILES string of the molecule is CC(C)CN(CCCN)S(=O)(=O)N1CCC(C)CC1. The van der Waals surface area contributed by atoms with Gasteiger partial charge in [0.15, 0.2) is 0 Å². The van der Waals surface area contributed by atoms with E-state index in [9.17, 15) is 8.42 Å². The molecule has 0 saturated carbocycles. The first-order valence-corrected chi connectivity index (χ1v) is 8.73. The molecule has 1 aliphatic rings. The third kappa shape index (κ3) is 5.02. The van der Waals surface area contributed by atoms with Crippen LogP contribution in [0.4, 0.5) is 0 Å². The monoisotopic (exact) mass is 291 g/mol. The first-order chi connectivity index (χ1) is 8.87. The van der Waals surface area contributed by atoms with Gasteiger partial charge in [-0.15, -0.1) is 0 Å². The minimum Gasteiger partial charge on any atom is -0.330 e. The van der Waals surface area contributed by atoms with Gasteiger partial charge in [-0.05, 0) is 37.6 Å². The van der Waals surface area contributed by atoms with Crippen molar-refractivity contribution >= 4 is 10.2 Å². The van der Waals surface area contributed by atoms with Crippen molar-refractivity contribution in [1.82, 2.24) is 8.61 Å². The van der Waals surface area contributed by atoms with Crippen molar-refractivity contribution in [1.29, 1.82) is 0 Å². The second kappa shape index (κ2) is 7.57. The minimum absolute atomic E-state index is 0.330. The van der Waals surface area contributed by atoms with E-state index >= 15 is 0 Å². The molecular formula is C13H29N3O2S. The summed E-state index contributed by atoms with van der Waals surface area (Å²) in [7, 11) is -3.30. The average Bonchev–Trinajstić information content (AvgIpc) is 2.34. The van der Waals surface area contributed by atoms with Crippen LogP contribution in [0.1, 0.15) is 40.0 Å². The Bertz CT molecular complexity index is 349. The van der Waals surface area contributed by atoms with Crippen LogP contribution in [0.5, 0.6) is 0 Å². The number of hydrogen-bond donors (Lipinski definition) is 1. The summed E-state index contributed by atoms with van der Waals surface area (Å²) in [6, 6.07) is 0. The molecule has 0 amide bonds. The third-order valence-corrected chi connectivity index (χ3v) is 5.58. The first-order valence-electron chi connectivity index (χ1n) is 7.33. The number of rotatable bonds is 7. The predicted octanol–water partition coefficient (Wildman–Crippen LogP) is 1.27. The number of nitrogens with two attached hydrogens (primary N) is 1. The molecule has 1 heterocycles. The van der Waals surface area contributed by atoms with Crippen LogP contribution < -0.4 is 5.73 Å². The summed E-state index contributed by atoms with van der Waals surface area (Å²) >= 11 is 0. The van der Waals surface area contributed by atoms with E-state index in [4.69, 9.17) is 5.73 Å². The van der Waals surface area contributed by atoms with Gasteiger partial charge in [0, 0.05) is 26.2 Å². The van der Waals surface area contributed by atoms with Gasteiger partial charge in [0.1, 0.15) is 0 Å². The van der Waals surface area contributed by atoms with Gasteiger partial charge in [-0.25, -0.2) is 0 Å². The zero-order valence-corrected chi connectivity index (χ0v) is 13.3. The highest BCUT2D eigenvalue weighted by Gasteiger charge is 2.31. The Morgan fingerprint density at radius 1 is 1.32 bits per heavy atom. The molecule has 0 spiro atoms. The Hall–Kier alpha value is -0.170. The molecule has 0 aromatic heterocycles. The molecule has 5 nitrogen and oxygen atoms in total. The lowest BCUT2D eigenvalue weighted by molar-refractivity contribution is 0.257. The summed E-state index contributed by atoms with van der Waals surface area (Å²) in [4.78, 5) is 0. The quantitative estimate of drug-likeness (QED) is 0.768. The fourth-order valence-electron chi connectivity index (χ4n) is 2.35. The minimum atomic E-state index is -3.30.